The molecule has 1 saturated carbocycles. The Balaban J connectivity index is 1.69. The van der Waals surface area contributed by atoms with Crippen LogP contribution in [0.25, 0.3) is 11.4 Å². The molecule has 2 heterocycles. The standard InChI is InChI=1S/C21H25N9O3/c1-23-21(32)17-15(10-16(27-28-17)26-20(31)12-6-7-12)25-14-5-3-4-13(18(14)33-2)19-24-11-30(29-19)9-8-22/h3-5,10-12H,6-9,22H2,1-2H3,(H,23,32)(H2,25,26,27,31). The van der Waals surface area contributed by atoms with Crippen molar-refractivity contribution < 1.29 is 14.3 Å². The predicted molar refractivity (Wildman–Crippen MR) is 121 cm³/mol. The fourth-order valence-corrected chi connectivity index (χ4v) is 3.24. The van der Waals surface area contributed by atoms with Gasteiger partial charge in [-0.15, -0.1) is 10.2 Å². The number of methoxy groups -OCH3 is 1. The molecular weight excluding hydrogens is 426 g/mol. The van der Waals surface area contributed by atoms with Crippen LogP contribution in [0, 0.1) is 5.92 Å². The van der Waals surface area contributed by atoms with E-state index in [2.05, 4.69) is 36.2 Å². The van der Waals surface area contributed by atoms with E-state index in [9.17, 15) is 9.59 Å². The molecule has 2 aromatic heterocycles. The van der Waals surface area contributed by atoms with Crippen molar-refractivity contribution in [3.05, 3.63) is 36.3 Å². The van der Waals surface area contributed by atoms with Gasteiger partial charge in [0.05, 0.1) is 30.6 Å². The van der Waals surface area contributed by atoms with E-state index >= 15 is 0 Å². The van der Waals surface area contributed by atoms with Gasteiger partial charge in [0.25, 0.3) is 5.91 Å². The minimum atomic E-state index is -0.428. The monoisotopic (exact) mass is 451 g/mol. The summed E-state index contributed by atoms with van der Waals surface area (Å²) in [4.78, 5) is 28.9. The van der Waals surface area contributed by atoms with Gasteiger partial charge in [0.15, 0.2) is 23.1 Å². The number of carbonyl (C=O) groups is 2. The Morgan fingerprint density at radius 2 is 2.06 bits per heavy atom. The Morgan fingerprint density at radius 1 is 1.24 bits per heavy atom. The summed E-state index contributed by atoms with van der Waals surface area (Å²) in [5, 5.41) is 20.9. The molecule has 172 valence electrons. The lowest BCUT2D eigenvalue weighted by Crippen LogP contribution is -2.22. The number of aromatic nitrogens is 5. The van der Waals surface area contributed by atoms with Crippen molar-refractivity contribution in [3.8, 4) is 17.1 Å². The zero-order chi connectivity index (χ0) is 23.4. The van der Waals surface area contributed by atoms with E-state index in [-0.39, 0.29) is 23.3 Å². The van der Waals surface area contributed by atoms with Gasteiger partial charge in [0, 0.05) is 25.6 Å². The number of rotatable bonds is 9. The van der Waals surface area contributed by atoms with Gasteiger partial charge in [-0.25, -0.2) is 4.98 Å². The summed E-state index contributed by atoms with van der Waals surface area (Å²) >= 11 is 0. The minimum absolute atomic E-state index is 0.00480. The molecule has 0 saturated heterocycles. The first-order valence-corrected chi connectivity index (χ1v) is 10.5. The Labute approximate surface area is 189 Å². The molecule has 0 bridgehead atoms. The van der Waals surface area contributed by atoms with Crippen molar-refractivity contribution in [2.24, 2.45) is 11.7 Å². The van der Waals surface area contributed by atoms with Gasteiger partial charge in [-0.05, 0) is 25.0 Å². The first-order valence-electron chi connectivity index (χ1n) is 10.5. The molecule has 0 atom stereocenters. The SMILES string of the molecule is CNC(=O)c1nnc(NC(=O)C2CC2)cc1Nc1cccc(-c2ncn(CCN)n2)c1OC. The number of ether oxygens (including phenoxy) is 1. The molecule has 1 aliphatic rings. The molecule has 1 aliphatic carbocycles. The second kappa shape index (κ2) is 9.61. The molecule has 12 nitrogen and oxygen atoms in total. The van der Waals surface area contributed by atoms with Crippen LogP contribution >= 0.6 is 0 Å². The van der Waals surface area contributed by atoms with Gasteiger partial charge in [0.2, 0.25) is 5.91 Å². The molecule has 2 amide bonds. The predicted octanol–water partition coefficient (Wildman–Crippen LogP) is 1.15. The molecule has 0 aliphatic heterocycles. The Morgan fingerprint density at radius 3 is 2.76 bits per heavy atom. The zero-order valence-electron chi connectivity index (χ0n) is 18.3. The number of nitrogens with two attached hydrogens (primary N) is 1. The van der Waals surface area contributed by atoms with Crippen LogP contribution in [0.15, 0.2) is 30.6 Å². The number of nitrogens with one attached hydrogen (secondary N) is 3. The van der Waals surface area contributed by atoms with Crippen LogP contribution in [-0.4, -0.2) is 57.5 Å². The highest BCUT2D eigenvalue weighted by atomic mass is 16.5. The summed E-state index contributed by atoms with van der Waals surface area (Å²) in [6.07, 6.45) is 3.33. The van der Waals surface area contributed by atoms with Crippen LogP contribution in [-0.2, 0) is 11.3 Å². The highest BCUT2D eigenvalue weighted by molar-refractivity contribution is 6.00. The van der Waals surface area contributed by atoms with Crippen LogP contribution in [0.3, 0.4) is 0 Å². The maximum atomic E-state index is 12.4. The molecule has 1 fully saturated rings. The van der Waals surface area contributed by atoms with Gasteiger partial charge in [-0.1, -0.05) is 6.07 Å². The number of amides is 2. The quantitative estimate of drug-likeness (QED) is 0.374. The van der Waals surface area contributed by atoms with Crippen molar-refractivity contribution in [1.82, 2.24) is 30.3 Å². The van der Waals surface area contributed by atoms with Crippen LogP contribution in [0.5, 0.6) is 5.75 Å². The number of hydrogen-bond donors (Lipinski definition) is 4. The van der Waals surface area contributed by atoms with Gasteiger partial charge in [0.1, 0.15) is 6.33 Å². The number of anilines is 3. The molecule has 3 aromatic rings. The van der Waals surface area contributed by atoms with Crippen molar-refractivity contribution in [1.29, 1.82) is 0 Å². The number of hydrogen-bond acceptors (Lipinski definition) is 9. The van der Waals surface area contributed by atoms with Gasteiger partial charge in [-0.2, -0.15) is 5.10 Å². The van der Waals surface area contributed by atoms with E-state index in [1.807, 2.05) is 12.1 Å². The molecule has 33 heavy (non-hydrogen) atoms. The van der Waals surface area contributed by atoms with Crippen LogP contribution in [0.2, 0.25) is 0 Å². The molecule has 4 rings (SSSR count). The van der Waals surface area contributed by atoms with Gasteiger partial charge in [-0.3, -0.25) is 14.3 Å². The third-order valence-corrected chi connectivity index (χ3v) is 5.06. The Bertz CT molecular complexity index is 1170. The maximum Gasteiger partial charge on any atom is 0.273 e. The van der Waals surface area contributed by atoms with E-state index in [1.54, 1.807) is 23.1 Å². The highest BCUT2D eigenvalue weighted by Crippen LogP contribution is 2.37. The molecule has 5 N–H and O–H groups in total. The Hall–Kier alpha value is -4.06. The summed E-state index contributed by atoms with van der Waals surface area (Å²) in [5.41, 5.74) is 7.23. The largest absolute Gasteiger partial charge is 0.494 e. The third-order valence-electron chi connectivity index (χ3n) is 5.06. The molecule has 0 unspecified atom stereocenters. The molecule has 0 radical (unpaired) electrons. The van der Waals surface area contributed by atoms with E-state index in [4.69, 9.17) is 10.5 Å². The molecule has 12 heteroatoms. The smallest absolute Gasteiger partial charge is 0.273 e. The van der Waals surface area contributed by atoms with Gasteiger partial charge >= 0.3 is 0 Å². The van der Waals surface area contributed by atoms with Crippen molar-refractivity contribution in [2.75, 3.05) is 31.3 Å². The van der Waals surface area contributed by atoms with Crippen molar-refractivity contribution >= 4 is 29.0 Å². The summed E-state index contributed by atoms with van der Waals surface area (Å²) < 4.78 is 7.30. The minimum Gasteiger partial charge on any atom is -0.494 e. The number of carbonyl (C=O) groups excluding carboxylic acids is 2. The van der Waals surface area contributed by atoms with E-state index in [0.29, 0.717) is 41.6 Å². The first-order chi connectivity index (χ1) is 16.0. The summed E-state index contributed by atoms with van der Waals surface area (Å²) in [6, 6.07) is 7.00. The second-order valence-electron chi connectivity index (χ2n) is 7.47. The lowest BCUT2D eigenvalue weighted by molar-refractivity contribution is -0.117. The van der Waals surface area contributed by atoms with Crippen LogP contribution in [0.1, 0.15) is 23.3 Å². The number of nitrogens with zero attached hydrogens (tertiary/aromatic N) is 5. The summed E-state index contributed by atoms with van der Waals surface area (Å²) in [5.74, 6) is 0.667. The average Bonchev–Trinajstić information content (AvgIpc) is 3.58. The third kappa shape index (κ3) is 4.90. The second-order valence-corrected chi connectivity index (χ2v) is 7.47. The summed E-state index contributed by atoms with van der Waals surface area (Å²) in [6.45, 7) is 0.985. The Kier molecular flexibility index (Phi) is 6.45. The lowest BCUT2D eigenvalue weighted by Gasteiger charge is -2.16. The fraction of sp³-hybridized carbons (Fsp3) is 0.333. The average molecular weight is 451 g/mol. The van der Waals surface area contributed by atoms with Crippen molar-refractivity contribution in [3.63, 3.8) is 0 Å². The molecule has 0 spiro atoms. The number of para-hydroxylation sites is 1. The fourth-order valence-electron chi connectivity index (χ4n) is 3.24. The lowest BCUT2D eigenvalue weighted by atomic mass is 10.1. The highest BCUT2D eigenvalue weighted by Gasteiger charge is 2.30. The van der Waals surface area contributed by atoms with Crippen LogP contribution < -0.4 is 26.4 Å². The topological polar surface area (TPSA) is 162 Å². The van der Waals surface area contributed by atoms with Gasteiger partial charge < -0.3 is 26.4 Å². The molecular formula is C21H25N9O3. The number of benzene rings is 1. The van der Waals surface area contributed by atoms with Crippen molar-refractivity contribution in [2.45, 2.75) is 19.4 Å². The van der Waals surface area contributed by atoms with Crippen LogP contribution in [0.4, 0.5) is 17.2 Å². The van der Waals surface area contributed by atoms with E-state index in [0.717, 1.165) is 12.8 Å². The van der Waals surface area contributed by atoms with E-state index < -0.39 is 5.91 Å². The maximum absolute atomic E-state index is 12.4. The van der Waals surface area contributed by atoms with E-state index in [1.165, 1.54) is 14.2 Å². The summed E-state index contributed by atoms with van der Waals surface area (Å²) in [7, 11) is 3.04. The zero-order valence-corrected chi connectivity index (χ0v) is 18.3. The first kappa shape index (κ1) is 22.1. The molecule has 1 aromatic carbocycles. The normalized spacial score (nSPS) is 12.8.